The Morgan fingerprint density at radius 2 is 2.15 bits per heavy atom. The molecule has 0 saturated carbocycles. The van der Waals surface area contributed by atoms with E-state index in [-0.39, 0.29) is 11.6 Å². The van der Waals surface area contributed by atoms with Crippen molar-refractivity contribution in [3.63, 3.8) is 0 Å². The third-order valence-corrected chi connectivity index (χ3v) is 3.33. The third kappa shape index (κ3) is 4.70. The van der Waals surface area contributed by atoms with Gasteiger partial charge in [-0.2, -0.15) is 0 Å². The van der Waals surface area contributed by atoms with E-state index < -0.39 is 5.60 Å². The monoisotopic (exact) mass is 283 g/mol. The highest BCUT2D eigenvalue weighted by molar-refractivity contribution is 5.20. The molecule has 2 atom stereocenters. The van der Waals surface area contributed by atoms with E-state index in [4.69, 9.17) is 4.74 Å². The number of aromatic amines is 1. The van der Waals surface area contributed by atoms with Crippen LogP contribution in [0.1, 0.15) is 43.4 Å². The van der Waals surface area contributed by atoms with E-state index in [1.165, 1.54) is 0 Å². The summed E-state index contributed by atoms with van der Waals surface area (Å²) < 4.78 is 4.97. The minimum atomic E-state index is -0.872. The third-order valence-electron chi connectivity index (χ3n) is 3.33. The molecule has 0 radical (unpaired) electrons. The molecule has 0 bridgehead atoms. The molecule has 1 aromatic rings. The van der Waals surface area contributed by atoms with Crippen molar-refractivity contribution in [2.45, 2.75) is 45.8 Å². The topological polar surface area (TPSA) is 87.2 Å². The van der Waals surface area contributed by atoms with Crippen LogP contribution in [-0.2, 0) is 4.74 Å². The first-order valence-electron chi connectivity index (χ1n) is 6.79. The van der Waals surface area contributed by atoms with Gasteiger partial charge in [0.05, 0.1) is 11.2 Å². The first kappa shape index (κ1) is 16.8. The second-order valence-corrected chi connectivity index (χ2v) is 5.49. The number of ether oxygens (including phenoxy) is 1. The van der Waals surface area contributed by atoms with Gasteiger partial charge in [0.2, 0.25) is 0 Å². The van der Waals surface area contributed by atoms with Gasteiger partial charge in [0.15, 0.2) is 0 Å². The lowest BCUT2D eigenvalue weighted by molar-refractivity contribution is 0.0230. The normalized spacial score (nSPS) is 15.9. The van der Waals surface area contributed by atoms with Gasteiger partial charge >= 0.3 is 0 Å². The zero-order valence-corrected chi connectivity index (χ0v) is 12.9. The number of hydrogen-bond acceptors (Lipinski definition) is 5. The van der Waals surface area contributed by atoms with Crippen LogP contribution in [0.15, 0.2) is 4.79 Å². The van der Waals surface area contributed by atoms with Gasteiger partial charge in [-0.1, -0.05) is 0 Å². The van der Waals surface area contributed by atoms with Crippen molar-refractivity contribution in [1.82, 2.24) is 15.3 Å². The maximum atomic E-state index is 12.0. The van der Waals surface area contributed by atoms with Crippen molar-refractivity contribution in [2.24, 2.45) is 0 Å². The Kier molecular flexibility index (Phi) is 5.86. The quantitative estimate of drug-likeness (QED) is 0.690. The smallest absolute Gasteiger partial charge is 0.255 e. The van der Waals surface area contributed by atoms with Crippen LogP contribution in [0.25, 0.3) is 0 Å². The van der Waals surface area contributed by atoms with E-state index in [1.54, 1.807) is 21.0 Å². The fraction of sp³-hybridized carbons (Fsp3) is 0.714. The molecule has 0 aromatic carbocycles. The van der Waals surface area contributed by atoms with Crippen LogP contribution < -0.4 is 10.9 Å². The zero-order valence-electron chi connectivity index (χ0n) is 12.9. The fourth-order valence-electron chi connectivity index (χ4n) is 2.13. The molecule has 0 fully saturated rings. The van der Waals surface area contributed by atoms with Crippen molar-refractivity contribution in [2.75, 3.05) is 20.3 Å². The molecule has 1 aromatic heterocycles. The summed E-state index contributed by atoms with van der Waals surface area (Å²) in [4.78, 5) is 19.0. The van der Waals surface area contributed by atoms with Crippen LogP contribution in [-0.4, -0.2) is 40.9 Å². The molecule has 0 spiro atoms. The Labute approximate surface area is 119 Å². The summed E-state index contributed by atoms with van der Waals surface area (Å²) in [6.07, 6.45) is 0.532. The number of aromatic nitrogens is 2. The van der Waals surface area contributed by atoms with Crippen LogP contribution in [0.4, 0.5) is 0 Å². The summed E-state index contributed by atoms with van der Waals surface area (Å²) in [6.45, 7) is 8.08. The highest BCUT2D eigenvalue weighted by atomic mass is 16.5. The predicted octanol–water partition coefficient (Wildman–Crippen LogP) is 0.825. The molecule has 6 heteroatoms. The van der Waals surface area contributed by atoms with Crippen LogP contribution in [0.2, 0.25) is 0 Å². The lowest BCUT2D eigenvalue weighted by Gasteiger charge is -2.26. The Bertz CT molecular complexity index is 497. The molecular formula is C14H25N3O3. The minimum absolute atomic E-state index is 0.133. The lowest BCUT2D eigenvalue weighted by Crippen LogP contribution is -2.41. The Hall–Kier alpha value is -1.24. The van der Waals surface area contributed by atoms with E-state index in [9.17, 15) is 9.90 Å². The molecule has 0 amide bonds. The average molecular weight is 283 g/mol. The zero-order chi connectivity index (χ0) is 15.3. The van der Waals surface area contributed by atoms with Gasteiger partial charge in [-0.15, -0.1) is 0 Å². The molecule has 0 aliphatic carbocycles. The second-order valence-electron chi connectivity index (χ2n) is 5.49. The second kappa shape index (κ2) is 6.97. The van der Waals surface area contributed by atoms with Crippen molar-refractivity contribution in [1.29, 1.82) is 0 Å². The van der Waals surface area contributed by atoms with E-state index in [0.29, 0.717) is 36.7 Å². The number of aliphatic hydroxyl groups is 1. The van der Waals surface area contributed by atoms with Crippen molar-refractivity contribution >= 4 is 0 Å². The molecule has 0 saturated heterocycles. The number of methoxy groups -OCH3 is 1. The number of aryl methyl sites for hydroxylation is 2. The van der Waals surface area contributed by atoms with Gasteiger partial charge in [0.1, 0.15) is 5.82 Å². The number of nitrogens with zero attached hydrogens (tertiary/aromatic N) is 1. The molecular weight excluding hydrogens is 258 g/mol. The van der Waals surface area contributed by atoms with Crippen LogP contribution in [0.3, 0.4) is 0 Å². The van der Waals surface area contributed by atoms with Crippen molar-refractivity contribution < 1.29 is 9.84 Å². The summed E-state index contributed by atoms with van der Waals surface area (Å²) in [5.74, 6) is 0.607. The average Bonchev–Trinajstić information content (AvgIpc) is 2.33. The molecule has 20 heavy (non-hydrogen) atoms. The first-order chi connectivity index (χ1) is 9.26. The number of H-pyrrole nitrogens is 1. The Morgan fingerprint density at radius 3 is 2.70 bits per heavy atom. The summed E-state index contributed by atoms with van der Waals surface area (Å²) in [5.41, 5.74) is 0.316. The molecule has 0 aliphatic heterocycles. The highest BCUT2D eigenvalue weighted by Crippen LogP contribution is 2.14. The van der Waals surface area contributed by atoms with E-state index in [2.05, 4.69) is 15.3 Å². The summed E-state index contributed by atoms with van der Waals surface area (Å²) in [7, 11) is 1.60. The van der Waals surface area contributed by atoms with E-state index in [0.717, 1.165) is 0 Å². The first-order valence-corrected chi connectivity index (χ1v) is 6.79. The number of nitrogens with one attached hydrogen (secondary N) is 2. The molecule has 1 rings (SSSR count). The summed E-state index contributed by atoms with van der Waals surface area (Å²) >= 11 is 0. The van der Waals surface area contributed by atoms with Gasteiger partial charge in [-0.25, -0.2) is 4.98 Å². The van der Waals surface area contributed by atoms with Gasteiger partial charge in [0, 0.05) is 38.4 Å². The molecule has 6 nitrogen and oxygen atoms in total. The van der Waals surface area contributed by atoms with E-state index in [1.807, 2.05) is 13.8 Å². The maximum absolute atomic E-state index is 12.0. The maximum Gasteiger partial charge on any atom is 0.255 e. The number of hydrogen-bond donors (Lipinski definition) is 3. The standard InChI is InChI=1S/C14H25N3O3/c1-9(15-8-14(4,19)6-7-20-5)12-10(2)16-11(3)17-13(12)18/h9,15,19H,6-8H2,1-5H3,(H,16,17,18). The van der Waals surface area contributed by atoms with Gasteiger partial charge in [-0.3, -0.25) is 4.79 Å². The molecule has 0 aliphatic rings. The predicted molar refractivity (Wildman–Crippen MR) is 77.9 cm³/mol. The minimum Gasteiger partial charge on any atom is -0.389 e. The lowest BCUT2D eigenvalue weighted by atomic mass is 10.0. The van der Waals surface area contributed by atoms with Crippen LogP contribution in [0, 0.1) is 13.8 Å². The van der Waals surface area contributed by atoms with Gasteiger partial charge < -0.3 is 20.1 Å². The summed E-state index contributed by atoms with van der Waals surface area (Å²) in [6, 6.07) is -0.180. The molecule has 1 heterocycles. The Morgan fingerprint density at radius 1 is 1.50 bits per heavy atom. The summed E-state index contributed by atoms with van der Waals surface area (Å²) in [5, 5.41) is 13.4. The van der Waals surface area contributed by atoms with Gasteiger partial charge in [0.25, 0.3) is 5.56 Å². The Balaban J connectivity index is 2.73. The van der Waals surface area contributed by atoms with Crippen LogP contribution >= 0.6 is 0 Å². The van der Waals surface area contributed by atoms with E-state index >= 15 is 0 Å². The fourth-order valence-corrected chi connectivity index (χ4v) is 2.13. The SMILES string of the molecule is COCCC(C)(O)CNC(C)c1c(C)nc(C)[nH]c1=O. The highest BCUT2D eigenvalue weighted by Gasteiger charge is 2.22. The number of rotatable bonds is 7. The molecule has 114 valence electrons. The molecule has 3 N–H and O–H groups in total. The van der Waals surface area contributed by atoms with Crippen LogP contribution in [0.5, 0.6) is 0 Å². The van der Waals surface area contributed by atoms with Crippen molar-refractivity contribution in [3.8, 4) is 0 Å². The largest absolute Gasteiger partial charge is 0.389 e. The molecule has 2 unspecified atom stereocenters. The van der Waals surface area contributed by atoms with Gasteiger partial charge in [-0.05, 0) is 27.7 Å². The van der Waals surface area contributed by atoms with Crippen molar-refractivity contribution in [3.05, 3.63) is 27.4 Å².